The first-order valence-electron chi connectivity index (χ1n) is 5.07. The van der Waals surface area contributed by atoms with Crippen molar-refractivity contribution in [2.24, 2.45) is 0 Å². The maximum atomic E-state index is 12.1. The fourth-order valence-electron chi connectivity index (χ4n) is 1.79. The molecule has 0 aliphatic carbocycles. The standard InChI is InChI=1S/C10H14N2O2S.ClH/c13-15(14,9-4-7-11-8-5-9)10-3-1-2-6-12-10;/h1-3,6,9,11H,4-5,7-8H2;1H. The monoisotopic (exact) mass is 262 g/mol. The molecule has 1 aliphatic rings. The highest BCUT2D eigenvalue weighted by Gasteiger charge is 2.29. The van der Waals surface area contributed by atoms with E-state index in [1.54, 1.807) is 18.2 Å². The number of piperidine rings is 1. The maximum Gasteiger partial charge on any atom is 0.198 e. The minimum Gasteiger partial charge on any atom is -0.317 e. The second kappa shape index (κ2) is 5.61. The van der Waals surface area contributed by atoms with Crippen LogP contribution in [0.1, 0.15) is 12.8 Å². The third kappa shape index (κ3) is 2.72. The van der Waals surface area contributed by atoms with Crippen LogP contribution in [0.3, 0.4) is 0 Å². The van der Waals surface area contributed by atoms with E-state index in [1.165, 1.54) is 6.20 Å². The molecule has 0 spiro atoms. The first kappa shape index (κ1) is 13.4. The molecule has 1 saturated heterocycles. The number of rotatable bonds is 2. The molecule has 1 fully saturated rings. The van der Waals surface area contributed by atoms with Crippen LogP contribution in [0.2, 0.25) is 0 Å². The summed E-state index contributed by atoms with van der Waals surface area (Å²) in [5.74, 6) is 0. The van der Waals surface area contributed by atoms with Crippen LogP contribution in [-0.2, 0) is 9.84 Å². The van der Waals surface area contributed by atoms with Crippen molar-refractivity contribution in [1.29, 1.82) is 0 Å². The second-order valence-corrected chi connectivity index (χ2v) is 5.84. The minimum absolute atomic E-state index is 0. The molecule has 0 aromatic carbocycles. The molecule has 0 atom stereocenters. The molecule has 1 N–H and O–H groups in total. The van der Waals surface area contributed by atoms with Crippen molar-refractivity contribution in [3.8, 4) is 0 Å². The van der Waals surface area contributed by atoms with E-state index >= 15 is 0 Å². The van der Waals surface area contributed by atoms with Gasteiger partial charge in [-0.3, -0.25) is 0 Å². The third-order valence-corrected chi connectivity index (χ3v) is 4.83. The van der Waals surface area contributed by atoms with Crippen molar-refractivity contribution in [1.82, 2.24) is 10.3 Å². The molecule has 0 unspecified atom stereocenters. The number of hydrogen-bond donors (Lipinski definition) is 1. The molecule has 16 heavy (non-hydrogen) atoms. The van der Waals surface area contributed by atoms with E-state index < -0.39 is 9.84 Å². The maximum absolute atomic E-state index is 12.1. The third-order valence-electron chi connectivity index (χ3n) is 2.65. The molecular weight excluding hydrogens is 248 g/mol. The summed E-state index contributed by atoms with van der Waals surface area (Å²) in [6.45, 7) is 1.55. The molecule has 0 amide bonds. The van der Waals surface area contributed by atoms with E-state index in [-0.39, 0.29) is 22.7 Å². The summed E-state index contributed by atoms with van der Waals surface area (Å²) in [6.07, 6.45) is 2.88. The summed E-state index contributed by atoms with van der Waals surface area (Å²) in [7, 11) is -3.21. The Bertz CT molecular complexity index is 416. The van der Waals surface area contributed by atoms with Gasteiger partial charge < -0.3 is 5.32 Å². The van der Waals surface area contributed by atoms with Gasteiger partial charge in [-0.1, -0.05) is 6.07 Å². The summed E-state index contributed by atoms with van der Waals surface area (Å²) in [4.78, 5) is 3.92. The van der Waals surface area contributed by atoms with Gasteiger partial charge >= 0.3 is 0 Å². The Hall–Kier alpha value is -0.650. The fourth-order valence-corrected chi connectivity index (χ4v) is 3.47. The lowest BCUT2D eigenvalue weighted by molar-refractivity contribution is 0.494. The predicted octanol–water partition coefficient (Wildman–Crippen LogP) is 1.03. The Labute approximate surface area is 102 Å². The van der Waals surface area contributed by atoms with Gasteiger partial charge in [-0.05, 0) is 38.1 Å². The van der Waals surface area contributed by atoms with Crippen molar-refractivity contribution in [2.75, 3.05) is 13.1 Å². The van der Waals surface area contributed by atoms with Crippen molar-refractivity contribution >= 4 is 22.2 Å². The molecule has 2 heterocycles. The number of sulfone groups is 1. The topological polar surface area (TPSA) is 59.1 Å². The van der Waals surface area contributed by atoms with Crippen LogP contribution in [-0.4, -0.2) is 31.7 Å². The molecule has 2 rings (SSSR count). The Morgan fingerprint density at radius 2 is 1.94 bits per heavy atom. The largest absolute Gasteiger partial charge is 0.317 e. The smallest absolute Gasteiger partial charge is 0.198 e. The first-order chi connectivity index (χ1) is 7.21. The molecule has 1 aromatic heterocycles. The highest BCUT2D eigenvalue weighted by Crippen LogP contribution is 2.19. The molecule has 1 aliphatic heterocycles. The van der Waals surface area contributed by atoms with Crippen LogP contribution in [0, 0.1) is 0 Å². The molecule has 6 heteroatoms. The molecule has 0 radical (unpaired) electrons. The SMILES string of the molecule is Cl.O=S(=O)(c1ccccn1)C1CCNCC1. The average molecular weight is 263 g/mol. The van der Waals surface area contributed by atoms with Crippen LogP contribution in [0.4, 0.5) is 0 Å². The van der Waals surface area contributed by atoms with E-state index in [0.717, 1.165) is 13.1 Å². The zero-order valence-corrected chi connectivity index (χ0v) is 10.4. The van der Waals surface area contributed by atoms with Crippen LogP contribution in [0.15, 0.2) is 29.4 Å². The molecular formula is C10H15ClN2O2S. The molecule has 0 bridgehead atoms. The number of nitrogens with one attached hydrogen (secondary N) is 1. The van der Waals surface area contributed by atoms with Crippen LogP contribution in [0.5, 0.6) is 0 Å². The predicted molar refractivity (Wildman–Crippen MR) is 64.6 cm³/mol. The van der Waals surface area contributed by atoms with Crippen LogP contribution >= 0.6 is 12.4 Å². The lowest BCUT2D eigenvalue weighted by atomic mass is 10.2. The number of halogens is 1. The summed E-state index contributed by atoms with van der Waals surface area (Å²) in [5.41, 5.74) is 0. The van der Waals surface area contributed by atoms with Crippen molar-refractivity contribution in [2.45, 2.75) is 23.1 Å². The van der Waals surface area contributed by atoms with Crippen LogP contribution in [0.25, 0.3) is 0 Å². The molecule has 0 saturated carbocycles. The van der Waals surface area contributed by atoms with Gasteiger partial charge in [0, 0.05) is 6.20 Å². The quantitative estimate of drug-likeness (QED) is 0.865. The van der Waals surface area contributed by atoms with Gasteiger partial charge in [-0.15, -0.1) is 12.4 Å². The summed E-state index contributed by atoms with van der Waals surface area (Å²) in [5, 5.41) is 3.09. The van der Waals surface area contributed by atoms with E-state index in [1.807, 2.05) is 0 Å². The summed E-state index contributed by atoms with van der Waals surface area (Å²) in [6, 6.07) is 5.00. The number of hydrogen-bond acceptors (Lipinski definition) is 4. The Morgan fingerprint density at radius 3 is 2.50 bits per heavy atom. The average Bonchev–Trinajstić information content (AvgIpc) is 2.31. The first-order valence-corrected chi connectivity index (χ1v) is 6.61. The number of nitrogens with zero attached hydrogens (tertiary/aromatic N) is 1. The Kier molecular flexibility index (Phi) is 4.70. The van der Waals surface area contributed by atoms with E-state index in [4.69, 9.17) is 0 Å². The van der Waals surface area contributed by atoms with Gasteiger partial charge in [0.2, 0.25) is 0 Å². The Balaban J connectivity index is 0.00000128. The highest BCUT2D eigenvalue weighted by molar-refractivity contribution is 7.92. The lowest BCUT2D eigenvalue weighted by Crippen LogP contribution is -2.36. The normalized spacial score (nSPS) is 17.8. The minimum atomic E-state index is -3.21. The van der Waals surface area contributed by atoms with E-state index in [0.29, 0.717) is 12.8 Å². The number of aromatic nitrogens is 1. The van der Waals surface area contributed by atoms with Gasteiger partial charge in [0.25, 0.3) is 0 Å². The van der Waals surface area contributed by atoms with Crippen molar-refractivity contribution in [3.63, 3.8) is 0 Å². The zero-order chi connectivity index (χ0) is 10.7. The highest BCUT2D eigenvalue weighted by atomic mass is 35.5. The van der Waals surface area contributed by atoms with Gasteiger partial charge in [-0.2, -0.15) is 0 Å². The molecule has 1 aromatic rings. The van der Waals surface area contributed by atoms with Gasteiger partial charge in [-0.25, -0.2) is 13.4 Å². The van der Waals surface area contributed by atoms with E-state index in [9.17, 15) is 8.42 Å². The lowest BCUT2D eigenvalue weighted by Gasteiger charge is -2.22. The van der Waals surface area contributed by atoms with Gasteiger partial charge in [0.1, 0.15) is 0 Å². The summed E-state index contributed by atoms with van der Waals surface area (Å²) < 4.78 is 24.2. The number of pyridine rings is 1. The fraction of sp³-hybridized carbons (Fsp3) is 0.500. The Morgan fingerprint density at radius 1 is 1.25 bits per heavy atom. The molecule has 4 nitrogen and oxygen atoms in total. The van der Waals surface area contributed by atoms with Crippen molar-refractivity contribution < 1.29 is 8.42 Å². The van der Waals surface area contributed by atoms with Crippen LogP contribution < -0.4 is 5.32 Å². The summed E-state index contributed by atoms with van der Waals surface area (Å²) >= 11 is 0. The molecule has 90 valence electrons. The van der Waals surface area contributed by atoms with Crippen molar-refractivity contribution in [3.05, 3.63) is 24.4 Å². The van der Waals surface area contributed by atoms with E-state index in [2.05, 4.69) is 10.3 Å². The van der Waals surface area contributed by atoms with Gasteiger partial charge in [0.05, 0.1) is 5.25 Å². The zero-order valence-electron chi connectivity index (χ0n) is 8.80. The second-order valence-electron chi connectivity index (χ2n) is 3.66. The van der Waals surface area contributed by atoms with Gasteiger partial charge in [0.15, 0.2) is 14.9 Å².